The minimum Gasteiger partial charge on any atom is -0.487 e. The summed E-state index contributed by atoms with van der Waals surface area (Å²) in [7, 11) is -3.90. The Morgan fingerprint density at radius 2 is 1.93 bits per heavy atom. The van der Waals surface area contributed by atoms with E-state index in [9.17, 15) is 13.2 Å². The Morgan fingerprint density at radius 3 is 2.76 bits per heavy atom. The zero-order chi connectivity index (χ0) is 28.6. The number of aryl methyl sites for hydroxylation is 1. The van der Waals surface area contributed by atoms with E-state index in [2.05, 4.69) is 9.62 Å². The van der Waals surface area contributed by atoms with Crippen LogP contribution in [0.15, 0.2) is 36.4 Å². The molecule has 4 aliphatic rings. The fraction of sp³-hybridized carbons (Fsp3) is 0.581. The summed E-state index contributed by atoms with van der Waals surface area (Å²) in [4.78, 5) is 15.6. The van der Waals surface area contributed by atoms with Gasteiger partial charge in [0.15, 0.2) is 0 Å². The third-order valence-electron chi connectivity index (χ3n) is 9.04. The van der Waals surface area contributed by atoms with Crippen LogP contribution in [0.4, 0.5) is 5.69 Å². The molecule has 5 atom stereocenters. The van der Waals surface area contributed by atoms with Crippen molar-refractivity contribution in [2.45, 2.75) is 76.8 Å². The van der Waals surface area contributed by atoms with Gasteiger partial charge in [0.25, 0.3) is 5.91 Å². The molecule has 10 heteroatoms. The van der Waals surface area contributed by atoms with Gasteiger partial charge in [-0.25, -0.2) is 13.1 Å². The first-order valence-corrected chi connectivity index (χ1v) is 16.9. The molecule has 2 aromatic carbocycles. The Morgan fingerprint density at radius 1 is 1.05 bits per heavy atom. The molecule has 3 aliphatic heterocycles. The van der Waals surface area contributed by atoms with Gasteiger partial charge in [-0.3, -0.25) is 4.79 Å². The summed E-state index contributed by atoms with van der Waals surface area (Å²) in [6.45, 7) is 4.38. The number of sulfonamides is 1. The van der Waals surface area contributed by atoms with E-state index in [1.54, 1.807) is 25.1 Å². The molecule has 3 heterocycles. The van der Waals surface area contributed by atoms with E-state index in [1.165, 1.54) is 5.56 Å². The van der Waals surface area contributed by atoms with Crippen molar-refractivity contribution in [2.75, 3.05) is 30.3 Å². The number of nitrogens with one attached hydrogen (secondary N) is 1. The van der Waals surface area contributed by atoms with Crippen molar-refractivity contribution in [1.82, 2.24) is 4.72 Å². The first-order valence-electron chi connectivity index (χ1n) is 14.8. The maximum atomic E-state index is 13.2. The van der Waals surface area contributed by atoms with Crippen LogP contribution < -0.4 is 14.4 Å². The highest BCUT2D eigenvalue weighted by Gasteiger charge is 2.41. The molecular weight excluding hydrogens is 564 g/mol. The molecule has 8 nitrogen and oxygen atoms in total. The van der Waals surface area contributed by atoms with Crippen LogP contribution in [0, 0.1) is 11.8 Å². The van der Waals surface area contributed by atoms with Crippen LogP contribution in [0.2, 0.25) is 5.02 Å². The highest BCUT2D eigenvalue weighted by Crippen LogP contribution is 2.43. The van der Waals surface area contributed by atoms with Gasteiger partial charge in [0, 0.05) is 36.7 Å². The largest absolute Gasteiger partial charge is 0.487 e. The van der Waals surface area contributed by atoms with Crippen LogP contribution in [-0.2, 0) is 32.5 Å². The molecule has 1 N–H and O–H groups in total. The summed E-state index contributed by atoms with van der Waals surface area (Å²) in [6, 6.07) is 11.1. The number of carbonyl (C=O) groups excluding carboxylic acids is 1. The van der Waals surface area contributed by atoms with Gasteiger partial charge in [-0.05, 0) is 98.7 Å². The minimum atomic E-state index is -3.90. The summed E-state index contributed by atoms with van der Waals surface area (Å²) in [6.07, 6.45) is 6.13. The van der Waals surface area contributed by atoms with Gasteiger partial charge in [0.1, 0.15) is 12.4 Å². The predicted molar refractivity (Wildman–Crippen MR) is 158 cm³/mol. The summed E-state index contributed by atoms with van der Waals surface area (Å²) >= 11 is 6.31. The van der Waals surface area contributed by atoms with E-state index in [0.717, 1.165) is 74.3 Å². The number of halogens is 1. The summed E-state index contributed by atoms with van der Waals surface area (Å²) in [5, 5.41) is 0.721. The van der Waals surface area contributed by atoms with Gasteiger partial charge in [-0.15, -0.1) is 0 Å². The zero-order valence-electron chi connectivity index (χ0n) is 23.5. The second-order valence-electron chi connectivity index (χ2n) is 12.0. The first kappa shape index (κ1) is 28.8. The molecule has 6 rings (SSSR count). The van der Waals surface area contributed by atoms with Crippen molar-refractivity contribution in [3.05, 3.63) is 58.1 Å². The van der Waals surface area contributed by atoms with Gasteiger partial charge in [-0.1, -0.05) is 17.7 Å². The topological polar surface area (TPSA) is 94.2 Å². The highest BCUT2D eigenvalue weighted by atomic mass is 35.5. The number of fused-ring (bicyclic) bond motifs is 6. The molecule has 41 heavy (non-hydrogen) atoms. The van der Waals surface area contributed by atoms with Crippen LogP contribution in [-0.4, -0.2) is 58.1 Å². The SMILES string of the molecule is C[C@@H]1CS(=O)(=O)NC(=O)c2ccc3c(c2)N(CCCCc2cc(Cl)ccc2CO3)C[C@@H]2CC[C@H]2[C@H]2C[C@@H](CCO2)O1. The van der Waals surface area contributed by atoms with Gasteiger partial charge in [-0.2, -0.15) is 0 Å². The molecule has 1 aliphatic carbocycles. The summed E-state index contributed by atoms with van der Waals surface area (Å²) < 4.78 is 47.0. The number of hydrogen-bond acceptors (Lipinski definition) is 7. The van der Waals surface area contributed by atoms with Crippen molar-refractivity contribution < 1.29 is 27.4 Å². The van der Waals surface area contributed by atoms with E-state index < -0.39 is 22.0 Å². The van der Waals surface area contributed by atoms with Crippen molar-refractivity contribution in [2.24, 2.45) is 11.8 Å². The van der Waals surface area contributed by atoms with E-state index in [1.807, 2.05) is 18.2 Å². The third-order valence-corrected chi connectivity index (χ3v) is 10.7. The lowest BCUT2D eigenvalue weighted by Gasteiger charge is -2.46. The molecule has 1 saturated heterocycles. The molecule has 1 amide bonds. The van der Waals surface area contributed by atoms with Crippen LogP contribution >= 0.6 is 11.6 Å². The molecule has 2 aromatic rings. The number of ether oxygens (including phenoxy) is 3. The molecule has 0 unspecified atom stereocenters. The van der Waals surface area contributed by atoms with E-state index >= 15 is 0 Å². The lowest BCUT2D eigenvalue weighted by Crippen LogP contribution is -2.48. The second-order valence-corrected chi connectivity index (χ2v) is 14.2. The van der Waals surface area contributed by atoms with E-state index in [-0.39, 0.29) is 23.5 Å². The molecule has 2 fully saturated rings. The van der Waals surface area contributed by atoms with E-state index in [0.29, 0.717) is 30.8 Å². The highest BCUT2D eigenvalue weighted by molar-refractivity contribution is 7.90. The van der Waals surface area contributed by atoms with Gasteiger partial charge < -0.3 is 19.1 Å². The average Bonchev–Trinajstić information content (AvgIpc) is 2.93. The first-order chi connectivity index (χ1) is 19.7. The van der Waals surface area contributed by atoms with Crippen molar-refractivity contribution >= 4 is 33.2 Å². The summed E-state index contributed by atoms with van der Waals surface area (Å²) in [5.74, 6) is 0.634. The van der Waals surface area contributed by atoms with Crippen molar-refractivity contribution in [3.8, 4) is 5.75 Å². The number of benzene rings is 2. The number of anilines is 1. The smallest absolute Gasteiger partial charge is 0.264 e. The van der Waals surface area contributed by atoms with Crippen molar-refractivity contribution in [1.29, 1.82) is 0 Å². The molecule has 0 spiro atoms. The molecule has 4 bridgehead atoms. The normalized spacial score (nSPS) is 30.3. The molecule has 1 saturated carbocycles. The fourth-order valence-electron chi connectivity index (χ4n) is 6.81. The number of hydrogen-bond donors (Lipinski definition) is 1. The Kier molecular flexibility index (Phi) is 8.50. The Hall–Kier alpha value is -2.33. The van der Waals surface area contributed by atoms with E-state index in [4.69, 9.17) is 25.8 Å². The zero-order valence-corrected chi connectivity index (χ0v) is 25.1. The monoisotopic (exact) mass is 602 g/mol. The predicted octanol–water partition coefficient (Wildman–Crippen LogP) is 5.11. The number of nitrogens with zero attached hydrogens (tertiary/aromatic N) is 1. The number of rotatable bonds is 0. The maximum Gasteiger partial charge on any atom is 0.264 e. The van der Waals surface area contributed by atoms with Crippen LogP contribution in [0.25, 0.3) is 0 Å². The quantitative estimate of drug-likeness (QED) is 0.448. The van der Waals surface area contributed by atoms with Crippen LogP contribution in [0.1, 0.15) is 66.9 Å². The Labute approximate surface area is 247 Å². The van der Waals surface area contributed by atoms with Gasteiger partial charge >= 0.3 is 0 Å². The van der Waals surface area contributed by atoms with Gasteiger partial charge in [0.05, 0.1) is 29.8 Å². The molecule has 222 valence electrons. The molecular formula is C31H39ClN2O6S. The van der Waals surface area contributed by atoms with Crippen LogP contribution in [0.5, 0.6) is 5.75 Å². The maximum absolute atomic E-state index is 13.2. The lowest BCUT2D eigenvalue weighted by atomic mass is 9.68. The van der Waals surface area contributed by atoms with Crippen molar-refractivity contribution in [3.63, 3.8) is 0 Å². The molecule has 0 radical (unpaired) electrons. The number of carbonyl (C=O) groups is 1. The van der Waals surface area contributed by atoms with Crippen LogP contribution in [0.3, 0.4) is 0 Å². The Bertz CT molecular complexity index is 1380. The minimum absolute atomic E-state index is 0.0515. The second kappa shape index (κ2) is 12.1. The fourth-order valence-corrected chi connectivity index (χ4v) is 8.18. The standard InChI is InChI=1S/C31H39ClN2O6S/c1-20-19-41(36,37)33-31(35)22-7-10-29-28(15-22)34(12-3-2-4-21-14-25(32)8-5-24(21)18-39-29)17-23-6-9-27(23)30-16-26(40-20)11-13-38-30/h5,7-8,10,14-15,20,23,26-27,30H,2-4,6,9,11-13,16-19H2,1H3,(H,33,35)/t20-,23+,26-,27-,30-/m1/s1. The Balaban J connectivity index is 1.36. The summed E-state index contributed by atoms with van der Waals surface area (Å²) in [5.41, 5.74) is 3.40. The molecule has 0 aromatic heterocycles. The van der Waals surface area contributed by atoms with Gasteiger partial charge in [0.2, 0.25) is 10.0 Å². The average molecular weight is 603 g/mol. The lowest BCUT2D eigenvalue weighted by molar-refractivity contribution is -0.126. The third kappa shape index (κ3) is 6.69. The number of amides is 1.